The van der Waals surface area contributed by atoms with Crippen LogP contribution in [0.15, 0.2) is 42.5 Å². The highest BCUT2D eigenvalue weighted by Crippen LogP contribution is 2.41. The number of carbonyl (C=O) groups is 1. The van der Waals surface area contributed by atoms with Crippen LogP contribution in [0.2, 0.25) is 0 Å². The number of aromatic nitrogens is 3. The molecule has 4 rings (SSSR count). The van der Waals surface area contributed by atoms with Crippen molar-refractivity contribution in [3.05, 3.63) is 48.0 Å². The number of rotatable bonds is 8. The molecular formula is C24H23N3O6. The molecule has 4 aromatic rings. The van der Waals surface area contributed by atoms with Gasteiger partial charge in [0.05, 0.1) is 50.3 Å². The molecule has 0 spiro atoms. The molecule has 2 aromatic carbocycles. The lowest BCUT2D eigenvalue weighted by Crippen LogP contribution is -2.01. The number of carboxylic acid groups (broad SMARTS) is 1. The second-order valence-corrected chi connectivity index (χ2v) is 7.03. The fraction of sp³-hybridized carbons (Fsp3) is 0.208. The number of nitrogens with zero attached hydrogens (tertiary/aromatic N) is 2. The molecule has 0 saturated heterocycles. The lowest BCUT2D eigenvalue weighted by atomic mass is 10.0. The van der Waals surface area contributed by atoms with Crippen molar-refractivity contribution in [2.75, 3.05) is 27.9 Å². The van der Waals surface area contributed by atoms with E-state index in [1.165, 1.54) is 27.4 Å². The Morgan fingerprint density at radius 3 is 2.18 bits per heavy atom. The summed E-state index contributed by atoms with van der Waals surface area (Å²) in [6, 6.07) is 12.3. The van der Waals surface area contributed by atoms with Gasteiger partial charge < -0.3 is 24.1 Å². The highest BCUT2D eigenvalue weighted by atomic mass is 16.5. The Hall–Kier alpha value is -4.27. The Labute approximate surface area is 189 Å². The molecule has 0 aliphatic rings. The van der Waals surface area contributed by atoms with Crippen molar-refractivity contribution in [3.63, 3.8) is 0 Å². The number of aromatic amines is 1. The average molecular weight is 449 g/mol. The van der Waals surface area contributed by atoms with Crippen LogP contribution in [0.4, 0.5) is 0 Å². The highest BCUT2D eigenvalue weighted by Gasteiger charge is 2.21. The number of nitrogens with one attached hydrogen (secondary N) is 1. The zero-order valence-electron chi connectivity index (χ0n) is 18.6. The minimum atomic E-state index is -1.09. The molecular weight excluding hydrogens is 426 g/mol. The maximum Gasteiger partial charge on any atom is 0.336 e. The van der Waals surface area contributed by atoms with Gasteiger partial charge in [0.2, 0.25) is 5.75 Å². The molecule has 2 aromatic heterocycles. The Morgan fingerprint density at radius 2 is 1.64 bits per heavy atom. The van der Waals surface area contributed by atoms with E-state index >= 15 is 0 Å². The second kappa shape index (κ2) is 9.07. The van der Waals surface area contributed by atoms with Gasteiger partial charge in [-0.3, -0.25) is 5.10 Å². The van der Waals surface area contributed by atoms with E-state index in [9.17, 15) is 9.90 Å². The predicted molar refractivity (Wildman–Crippen MR) is 123 cm³/mol. The van der Waals surface area contributed by atoms with Crippen LogP contribution in [0, 0.1) is 0 Å². The molecule has 0 aliphatic carbocycles. The molecule has 0 amide bonds. The first kappa shape index (κ1) is 21.9. The first-order valence-corrected chi connectivity index (χ1v) is 10.2. The monoisotopic (exact) mass is 449 g/mol. The molecule has 170 valence electrons. The molecule has 0 radical (unpaired) electrons. The highest BCUT2D eigenvalue weighted by molar-refractivity contribution is 6.08. The van der Waals surface area contributed by atoms with Gasteiger partial charge in [0.25, 0.3) is 0 Å². The van der Waals surface area contributed by atoms with Gasteiger partial charge in [0.1, 0.15) is 5.75 Å². The maximum absolute atomic E-state index is 12.2. The van der Waals surface area contributed by atoms with Crippen LogP contribution in [0.1, 0.15) is 17.3 Å². The number of hydrogen-bond donors (Lipinski definition) is 2. The van der Waals surface area contributed by atoms with Crippen LogP contribution in [0.25, 0.3) is 33.5 Å². The Balaban J connectivity index is 1.88. The molecule has 9 heteroatoms. The number of benzene rings is 2. The summed E-state index contributed by atoms with van der Waals surface area (Å²) >= 11 is 0. The third-order valence-electron chi connectivity index (χ3n) is 5.17. The molecule has 0 fully saturated rings. The summed E-state index contributed by atoms with van der Waals surface area (Å²) in [5, 5.41) is 17.6. The van der Waals surface area contributed by atoms with E-state index in [2.05, 4.69) is 15.2 Å². The molecule has 9 nitrogen and oxygen atoms in total. The van der Waals surface area contributed by atoms with Gasteiger partial charge in [-0.25, -0.2) is 9.78 Å². The summed E-state index contributed by atoms with van der Waals surface area (Å²) < 4.78 is 21.7. The van der Waals surface area contributed by atoms with Crippen LogP contribution < -0.4 is 18.9 Å². The van der Waals surface area contributed by atoms with Gasteiger partial charge in [-0.2, -0.15) is 5.10 Å². The zero-order chi connectivity index (χ0) is 23.5. The van der Waals surface area contributed by atoms with Gasteiger partial charge in [-0.05, 0) is 49.4 Å². The summed E-state index contributed by atoms with van der Waals surface area (Å²) in [6.45, 7) is 2.47. The first-order chi connectivity index (χ1) is 16.0. The van der Waals surface area contributed by atoms with E-state index in [0.29, 0.717) is 46.2 Å². The second-order valence-electron chi connectivity index (χ2n) is 7.03. The standard InChI is InChI=1S/C24H23N3O6/c1-5-33-15-8-6-13(7-9-15)21-20-16(24(28)29)12-17(25-23(20)27-26-21)14-10-18(30-2)22(32-4)19(11-14)31-3/h6-12H,5H2,1-4H3,(H,28,29)(H,25,26,27). The molecule has 2 N–H and O–H groups in total. The van der Waals surface area contributed by atoms with Crippen molar-refractivity contribution < 1.29 is 28.8 Å². The SMILES string of the molecule is CCOc1ccc(-c2[nH]nc3nc(-c4cc(OC)c(OC)c(OC)c4)cc(C(=O)O)c23)cc1. The van der Waals surface area contributed by atoms with E-state index in [1.54, 1.807) is 12.1 Å². The smallest absolute Gasteiger partial charge is 0.336 e. The summed E-state index contributed by atoms with van der Waals surface area (Å²) in [6.07, 6.45) is 0. The van der Waals surface area contributed by atoms with Gasteiger partial charge in [-0.1, -0.05) is 0 Å². The van der Waals surface area contributed by atoms with Gasteiger partial charge in [0.15, 0.2) is 17.1 Å². The summed E-state index contributed by atoms with van der Waals surface area (Å²) in [5.74, 6) is 0.933. The van der Waals surface area contributed by atoms with Crippen molar-refractivity contribution in [2.24, 2.45) is 0 Å². The van der Waals surface area contributed by atoms with E-state index in [4.69, 9.17) is 18.9 Å². The van der Waals surface area contributed by atoms with Crippen LogP contribution in [-0.4, -0.2) is 54.2 Å². The van der Waals surface area contributed by atoms with Crippen LogP contribution in [-0.2, 0) is 0 Å². The predicted octanol–water partition coefficient (Wildman–Crippen LogP) is 4.41. The fourth-order valence-electron chi connectivity index (χ4n) is 3.66. The topological polar surface area (TPSA) is 116 Å². The van der Waals surface area contributed by atoms with E-state index in [1.807, 2.05) is 31.2 Å². The number of hydrogen-bond acceptors (Lipinski definition) is 7. The van der Waals surface area contributed by atoms with Crippen LogP contribution in [0.3, 0.4) is 0 Å². The normalized spacial score (nSPS) is 10.8. The Bertz CT molecular complexity index is 1290. The molecule has 0 saturated carbocycles. The van der Waals surface area contributed by atoms with Crippen molar-refractivity contribution in [1.82, 2.24) is 15.2 Å². The average Bonchev–Trinajstić information content (AvgIpc) is 3.27. The lowest BCUT2D eigenvalue weighted by molar-refractivity contribution is 0.0699. The summed E-state index contributed by atoms with van der Waals surface area (Å²) in [5.41, 5.74) is 2.69. The number of methoxy groups -OCH3 is 3. The third kappa shape index (κ3) is 4.00. The van der Waals surface area contributed by atoms with E-state index < -0.39 is 5.97 Å². The third-order valence-corrected chi connectivity index (χ3v) is 5.17. The minimum absolute atomic E-state index is 0.0707. The van der Waals surface area contributed by atoms with Crippen molar-refractivity contribution in [2.45, 2.75) is 6.92 Å². The minimum Gasteiger partial charge on any atom is -0.494 e. The lowest BCUT2D eigenvalue weighted by Gasteiger charge is -2.14. The van der Waals surface area contributed by atoms with Crippen molar-refractivity contribution in [1.29, 1.82) is 0 Å². The van der Waals surface area contributed by atoms with Crippen LogP contribution >= 0.6 is 0 Å². The molecule has 2 heterocycles. The summed E-state index contributed by atoms with van der Waals surface area (Å²) in [4.78, 5) is 16.8. The van der Waals surface area contributed by atoms with Crippen LogP contribution in [0.5, 0.6) is 23.0 Å². The molecule has 0 aliphatic heterocycles. The van der Waals surface area contributed by atoms with Crippen molar-refractivity contribution in [3.8, 4) is 45.5 Å². The first-order valence-electron chi connectivity index (χ1n) is 10.2. The van der Waals surface area contributed by atoms with E-state index in [-0.39, 0.29) is 11.2 Å². The molecule has 33 heavy (non-hydrogen) atoms. The Morgan fingerprint density at radius 1 is 0.970 bits per heavy atom. The Kier molecular flexibility index (Phi) is 6.03. The number of aromatic carboxylic acids is 1. The molecule has 0 bridgehead atoms. The summed E-state index contributed by atoms with van der Waals surface area (Å²) in [7, 11) is 4.54. The van der Waals surface area contributed by atoms with Gasteiger partial charge in [0, 0.05) is 11.1 Å². The number of ether oxygens (including phenoxy) is 4. The van der Waals surface area contributed by atoms with Crippen molar-refractivity contribution >= 4 is 17.0 Å². The quantitative estimate of drug-likeness (QED) is 0.406. The number of carboxylic acids is 1. The van der Waals surface area contributed by atoms with Gasteiger partial charge >= 0.3 is 5.97 Å². The maximum atomic E-state index is 12.2. The molecule has 0 atom stereocenters. The number of H-pyrrole nitrogens is 1. The molecule has 0 unspecified atom stereocenters. The van der Waals surface area contributed by atoms with E-state index in [0.717, 1.165) is 11.3 Å². The fourth-order valence-corrected chi connectivity index (χ4v) is 3.66. The number of pyridine rings is 1. The zero-order valence-corrected chi connectivity index (χ0v) is 18.6. The largest absolute Gasteiger partial charge is 0.494 e. The number of fused-ring (bicyclic) bond motifs is 1. The van der Waals surface area contributed by atoms with Gasteiger partial charge in [-0.15, -0.1) is 0 Å².